The minimum Gasteiger partial charge on any atom is -0.386 e. The molecule has 6 saturated carbocycles. The number of fused-ring (bicyclic) bond motifs is 2. The third kappa shape index (κ3) is 1.56. The number of ether oxygens (including phenoxy) is 1. The predicted molar refractivity (Wildman–Crippen MR) is 103 cm³/mol. The molecule has 1 N–H and O–H groups in total. The number of hydrogen-bond acceptors (Lipinski definition) is 3. The van der Waals surface area contributed by atoms with Gasteiger partial charge in [-0.25, -0.2) is 0 Å². The molecule has 150 valence electrons. The monoisotopic (exact) mass is 372 g/mol. The molecule has 6 aliphatic rings. The van der Waals surface area contributed by atoms with Crippen molar-refractivity contribution in [1.82, 2.24) is 0 Å². The van der Waals surface area contributed by atoms with Crippen molar-refractivity contribution in [2.24, 2.45) is 39.4 Å². The Hall–Kier alpha value is -0.410. The van der Waals surface area contributed by atoms with Crippen LogP contribution in [0.1, 0.15) is 84.5 Å². The van der Waals surface area contributed by atoms with Crippen molar-refractivity contribution in [1.29, 1.82) is 0 Å². The summed E-state index contributed by atoms with van der Waals surface area (Å²) in [7, 11) is 1.70. The quantitative estimate of drug-likeness (QED) is 0.737. The summed E-state index contributed by atoms with van der Waals surface area (Å²) in [4.78, 5) is 13.1. The zero-order chi connectivity index (χ0) is 18.9. The second kappa shape index (κ2) is 4.83. The van der Waals surface area contributed by atoms with E-state index < -0.39 is 5.60 Å². The fourth-order valence-electron chi connectivity index (χ4n) is 10.8. The Bertz CT molecular complexity index is 710. The molecule has 6 fully saturated rings. The molecule has 0 saturated heterocycles. The molecule has 0 radical (unpaired) electrons. The molecule has 0 aliphatic heterocycles. The van der Waals surface area contributed by atoms with Gasteiger partial charge in [-0.3, -0.25) is 4.79 Å². The lowest BCUT2D eigenvalue weighted by Crippen LogP contribution is -2.58. The highest BCUT2D eigenvalue weighted by Gasteiger charge is 2.87. The van der Waals surface area contributed by atoms with Gasteiger partial charge in [0.1, 0.15) is 11.4 Å². The van der Waals surface area contributed by atoms with E-state index in [9.17, 15) is 9.90 Å². The number of methoxy groups -OCH3 is 1. The number of carbonyl (C=O) groups excluding carboxylic acids is 1. The van der Waals surface area contributed by atoms with E-state index in [0.29, 0.717) is 34.9 Å². The normalized spacial score (nSPS) is 60.1. The van der Waals surface area contributed by atoms with Crippen LogP contribution in [0.2, 0.25) is 0 Å². The van der Waals surface area contributed by atoms with Gasteiger partial charge in [0, 0.05) is 18.9 Å². The fourth-order valence-corrected chi connectivity index (χ4v) is 10.8. The molecule has 0 heterocycles. The SMILES string of the molecule is CO[C@@H]1CC(=O)[C@@H]2[C@@H]3[C@H]4CC[C@@]5(CCC6(CCCC6)C5)[C@]3(C)[C@](C)(C4)[C@]21O. The molecule has 27 heavy (non-hydrogen) atoms. The molecule has 6 aliphatic carbocycles. The van der Waals surface area contributed by atoms with Crippen molar-refractivity contribution in [2.45, 2.75) is 96.2 Å². The first-order valence-electron chi connectivity index (χ1n) is 11.5. The van der Waals surface area contributed by atoms with Crippen LogP contribution in [-0.4, -0.2) is 29.7 Å². The van der Waals surface area contributed by atoms with Gasteiger partial charge in [0.25, 0.3) is 0 Å². The van der Waals surface area contributed by atoms with Gasteiger partial charge in [-0.2, -0.15) is 0 Å². The van der Waals surface area contributed by atoms with Crippen molar-refractivity contribution < 1.29 is 14.6 Å². The van der Waals surface area contributed by atoms with Gasteiger partial charge in [-0.1, -0.05) is 26.7 Å². The summed E-state index contributed by atoms with van der Waals surface area (Å²) in [6, 6.07) is 0. The maximum Gasteiger partial charge on any atom is 0.141 e. The summed E-state index contributed by atoms with van der Waals surface area (Å²) < 4.78 is 5.78. The molecule has 2 spiro atoms. The Kier molecular flexibility index (Phi) is 3.12. The number of ketones is 1. The molecule has 0 aromatic carbocycles. The van der Waals surface area contributed by atoms with Gasteiger partial charge in [0.2, 0.25) is 0 Å². The standard InChI is InChI=1S/C24H36O3/c1-20-13-15-6-9-23(11-10-22(14-23)7-4-5-8-22)21(20,2)18(15)19-16(25)12-17(27-3)24(19,20)26/h15,17-19,26H,4-14H2,1-3H3/t15-,17+,18-,19+,20-,21-,23-,24+/m0/s1. The van der Waals surface area contributed by atoms with E-state index in [2.05, 4.69) is 13.8 Å². The highest BCUT2D eigenvalue weighted by Crippen LogP contribution is 2.86. The minimum atomic E-state index is -0.947. The summed E-state index contributed by atoms with van der Waals surface area (Å²) in [6.45, 7) is 4.87. The average Bonchev–Trinajstić information content (AvgIpc) is 3.37. The van der Waals surface area contributed by atoms with Crippen LogP contribution in [-0.2, 0) is 9.53 Å². The fraction of sp³-hybridized carbons (Fsp3) is 0.958. The zero-order valence-corrected chi connectivity index (χ0v) is 17.4. The summed E-state index contributed by atoms with van der Waals surface area (Å²) in [5.74, 6) is 1.13. The van der Waals surface area contributed by atoms with E-state index in [4.69, 9.17) is 4.74 Å². The molecular weight excluding hydrogens is 336 g/mol. The van der Waals surface area contributed by atoms with Crippen molar-refractivity contribution in [3.63, 3.8) is 0 Å². The number of rotatable bonds is 1. The van der Waals surface area contributed by atoms with E-state index in [1.54, 1.807) is 7.11 Å². The number of Topliss-reactive ketones (excluding diaryl/α,β-unsaturated/α-hetero) is 1. The number of carbonyl (C=O) groups is 1. The number of hydrogen-bond donors (Lipinski definition) is 1. The van der Waals surface area contributed by atoms with Gasteiger partial charge >= 0.3 is 0 Å². The Morgan fingerprint density at radius 2 is 1.81 bits per heavy atom. The van der Waals surface area contributed by atoms with E-state index >= 15 is 0 Å². The third-order valence-corrected chi connectivity index (χ3v) is 11.8. The smallest absolute Gasteiger partial charge is 0.141 e. The van der Waals surface area contributed by atoms with Crippen LogP contribution < -0.4 is 0 Å². The molecule has 0 aromatic heterocycles. The average molecular weight is 373 g/mol. The summed E-state index contributed by atoms with van der Waals surface area (Å²) >= 11 is 0. The molecule has 3 nitrogen and oxygen atoms in total. The second-order valence-electron chi connectivity index (χ2n) is 11.9. The van der Waals surface area contributed by atoms with Crippen LogP contribution in [0.25, 0.3) is 0 Å². The van der Waals surface area contributed by atoms with E-state index in [-0.39, 0.29) is 22.9 Å². The maximum absolute atomic E-state index is 13.1. The van der Waals surface area contributed by atoms with Crippen molar-refractivity contribution in [3.05, 3.63) is 0 Å². The topological polar surface area (TPSA) is 46.5 Å². The molecule has 0 unspecified atom stereocenters. The van der Waals surface area contributed by atoms with Gasteiger partial charge in [-0.05, 0) is 79.4 Å². The molecular formula is C24H36O3. The third-order valence-electron chi connectivity index (χ3n) is 11.8. The van der Waals surface area contributed by atoms with Crippen LogP contribution in [0.3, 0.4) is 0 Å². The lowest BCUT2D eigenvalue weighted by atomic mass is 9.47. The molecule has 6 rings (SSSR count). The van der Waals surface area contributed by atoms with Gasteiger partial charge < -0.3 is 9.84 Å². The summed E-state index contributed by atoms with van der Waals surface area (Å²) in [5.41, 5.74) is -0.134. The molecule has 0 amide bonds. The molecule has 8 atom stereocenters. The Labute approximate surface area is 163 Å². The highest BCUT2D eigenvalue weighted by atomic mass is 16.5. The first-order valence-corrected chi connectivity index (χ1v) is 11.5. The van der Waals surface area contributed by atoms with Crippen LogP contribution in [0.4, 0.5) is 0 Å². The number of aliphatic hydroxyl groups is 1. The zero-order valence-electron chi connectivity index (χ0n) is 17.4. The lowest BCUT2D eigenvalue weighted by Gasteiger charge is -2.57. The molecule has 0 aromatic rings. The van der Waals surface area contributed by atoms with Gasteiger partial charge in [0.05, 0.1) is 12.0 Å². The molecule has 3 heteroatoms. The Balaban J connectivity index is 1.51. The van der Waals surface area contributed by atoms with Crippen molar-refractivity contribution >= 4 is 5.78 Å². The van der Waals surface area contributed by atoms with Crippen molar-refractivity contribution in [3.8, 4) is 0 Å². The highest BCUT2D eigenvalue weighted by molar-refractivity contribution is 5.88. The largest absolute Gasteiger partial charge is 0.386 e. The maximum atomic E-state index is 13.1. The summed E-state index contributed by atoms with van der Waals surface area (Å²) in [5, 5.41) is 12.2. The first-order chi connectivity index (χ1) is 12.8. The second-order valence-corrected chi connectivity index (χ2v) is 11.9. The van der Waals surface area contributed by atoms with E-state index in [0.717, 1.165) is 6.42 Å². The minimum absolute atomic E-state index is 0.0846. The first kappa shape index (κ1) is 17.4. The Morgan fingerprint density at radius 3 is 2.52 bits per heavy atom. The van der Waals surface area contributed by atoms with Crippen LogP contribution in [0.5, 0.6) is 0 Å². The van der Waals surface area contributed by atoms with Crippen LogP contribution in [0, 0.1) is 39.4 Å². The Morgan fingerprint density at radius 1 is 1.07 bits per heavy atom. The summed E-state index contributed by atoms with van der Waals surface area (Å²) in [6.07, 6.45) is 13.6. The van der Waals surface area contributed by atoms with Crippen LogP contribution >= 0.6 is 0 Å². The van der Waals surface area contributed by atoms with Crippen LogP contribution in [0.15, 0.2) is 0 Å². The van der Waals surface area contributed by atoms with Gasteiger partial charge in [0.15, 0.2) is 0 Å². The van der Waals surface area contributed by atoms with Gasteiger partial charge in [-0.15, -0.1) is 0 Å². The van der Waals surface area contributed by atoms with E-state index in [1.165, 1.54) is 57.8 Å². The van der Waals surface area contributed by atoms with Crippen molar-refractivity contribution in [2.75, 3.05) is 7.11 Å². The van der Waals surface area contributed by atoms with E-state index in [1.807, 2.05) is 0 Å². The predicted octanol–water partition coefficient (Wildman–Crippen LogP) is 4.51. The lowest BCUT2D eigenvalue weighted by molar-refractivity contribution is -0.186. The molecule has 4 bridgehead atoms.